The summed E-state index contributed by atoms with van der Waals surface area (Å²) in [6.45, 7) is 0. The van der Waals surface area contributed by atoms with Crippen LogP contribution in [0.2, 0.25) is 0 Å². The van der Waals surface area contributed by atoms with Crippen LogP contribution < -0.4 is 0 Å². The van der Waals surface area contributed by atoms with Gasteiger partial charge in [0.1, 0.15) is 11.6 Å². The summed E-state index contributed by atoms with van der Waals surface area (Å²) >= 11 is 3.44. The fraction of sp³-hybridized carbons (Fsp3) is 0.111. The lowest BCUT2D eigenvalue weighted by Crippen LogP contribution is -1.93. The van der Waals surface area contributed by atoms with E-state index in [2.05, 4.69) is 31.9 Å². The average molecular weight is 320 g/mol. The van der Waals surface area contributed by atoms with Crippen LogP contribution in [-0.4, -0.2) is 9.36 Å². The summed E-state index contributed by atoms with van der Waals surface area (Å²) in [7, 11) is 0. The van der Waals surface area contributed by atoms with Gasteiger partial charge in [-0.3, -0.25) is 0 Å². The van der Waals surface area contributed by atoms with Crippen molar-refractivity contribution in [2.75, 3.05) is 0 Å². The second kappa shape index (κ2) is 4.31. The zero-order chi connectivity index (χ0) is 9.97. The van der Waals surface area contributed by atoms with Gasteiger partial charge in [0.25, 0.3) is 0 Å². The minimum Gasteiger partial charge on any atom is -0.213 e. The molecule has 0 bridgehead atoms. The van der Waals surface area contributed by atoms with Crippen molar-refractivity contribution in [1.82, 2.24) is 9.36 Å². The third-order valence-corrected chi connectivity index (χ3v) is 3.13. The van der Waals surface area contributed by atoms with Gasteiger partial charge < -0.3 is 0 Å². The van der Waals surface area contributed by atoms with Gasteiger partial charge in [-0.25, -0.2) is 9.37 Å². The van der Waals surface area contributed by atoms with E-state index in [4.69, 9.17) is 0 Å². The van der Waals surface area contributed by atoms with Crippen molar-refractivity contribution in [2.45, 2.75) is 6.42 Å². The average Bonchev–Trinajstić information content (AvgIpc) is 2.56. The van der Waals surface area contributed by atoms with Crippen molar-refractivity contribution in [3.8, 4) is 0 Å². The molecule has 2 nitrogen and oxygen atoms in total. The van der Waals surface area contributed by atoms with Crippen LogP contribution in [0.15, 0.2) is 24.3 Å². The maximum absolute atomic E-state index is 13.2. The summed E-state index contributed by atoms with van der Waals surface area (Å²) in [4.78, 5) is 4.17. The van der Waals surface area contributed by atoms with Crippen LogP contribution in [-0.2, 0) is 6.42 Å². The lowest BCUT2D eigenvalue weighted by atomic mass is 10.1. The third kappa shape index (κ3) is 2.27. The lowest BCUT2D eigenvalue weighted by Gasteiger charge is -1.97. The molecule has 2 rings (SSSR count). The first-order chi connectivity index (χ1) is 6.75. The van der Waals surface area contributed by atoms with Gasteiger partial charge in [-0.05, 0) is 45.8 Å². The van der Waals surface area contributed by atoms with Gasteiger partial charge in [0.15, 0.2) is 3.01 Å². The summed E-state index contributed by atoms with van der Waals surface area (Å²) in [5, 5.41) is 0. The number of hydrogen-bond acceptors (Lipinski definition) is 3. The minimum absolute atomic E-state index is 0.197. The van der Waals surface area contributed by atoms with Crippen LogP contribution in [0, 0.1) is 8.83 Å². The molecule has 1 heterocycles. The number of rotatable bonds is 2. The lowest BCUT2D eigenvalue weighted by molar-refractivity contribution is 0.612. The van der Waals surface area contributed by atoms with E-state index in [-0.39, 0.29) is 5.82 Å². The Labute approximate surface area is 98.5 Å². The molecule has 1 aromatic carbocycles. The van der Waals surface area contributed by atoms with E-state index in [1.807, 2.05) is 6.07 Å². The van der Waals surface area contributed by atoms with Crippen LogP contribution in [0.4, 0.5) is 4.39 Å². The molecule has 2 aromatic rings. The second-order valence-corrected chi connectivity index (χ2v) is 5.24. The minimum atomic E-state index is -0.197. The van der Waals surface area contributed by atoms with Gasteiger partial charge in [0.2, 0.25) is 0 Å². The molecule has 0 aliphatic rings. The van der Waals surface area contributed by atoms with Crippen LogP contribution in [0.5, 0.6) is 0 Å². The summed E-state index contributed by atoms with van der Waals surface area (Å²) in [6, 6.07) is 6.70. The van der Waals surface area contributed by atoms with Gasteiger partial charge in [-0.2, -0.15) is 4.37 Å². The van der Waals surface area contributed by atoms with Crippen LogP contribution in [0.3, 0.4) is 0 Å². The molecule has 0 spiro atoms. The van der Waals surface area contributed by atoms with Gasteiger partial charge >= 0.3 is 0 Å². The van der Waals surface area contributed by atoms with E-state index in [0.717, 1.165) is 3.01 Å². The number of hydrogen-bond donors (Lipinski definition) is 0. The van der Waals surface area contributed by atoms with Crippen molar-refractivity contribution >= 4 is 34.1 Å². The van der Waals surface area contributed by atoms with E-state index in [1.165, 1.54) is 17.6 Å². The number of nitrogens with zero attached hydrogens (tertiary/aromatic N) is 2. The Morgan fingerprint density at radius 2 is 2.14 bits per heavy atom. The molecule has 14 heavy (non-hydrogen) atoms. The quantitative estimate of drug-likeness (QED) is 0.795. The number of benzene rings is 1. The molecule has 0 saturated carbocycles. The zero-order valence-corrected chi connectivity index (χ0v) is 10.0. The van der Waals surface area contributed by atoms with Gasteiger partial charge in [-0.15, -0.1) is 0 Å². The third-order valence-electron chi connectivity index (χ3n) is 1.75. The first kappa shape index (κ1) is 9.97. The molecule has 0 aliphatic heterocycles. The van der Waals surface area contributed by atoms with Crippen LogP contribution in [0.1, 0.15) is 11.4 Å². The van der Waals surface area contributed by atoms with Crippen molar-refractivity contribution in [2.24, 2.45) is 0 Å². The first-order valence-corrected chi connectivity index (χ1v) is 5.82. The predicted molar refractivity (Wildman–Crippen MR) is 61.8 cm³/mol. The van der Waals surface area contributed by atoms with Gasteiger partial charge in [0.05, 0.1) is 0 Å². The van der Waals surface area contributed by atoms with E-state index in [9.17, 15) is 4.39 Å². The molecule has 0 N–H and O–H groups in total. The predicted octanol–water partition coefficient (Wildman–Crippen LogP) is 2.87. The van der Waals surface area contributed by atoms with Crippen molar-refractivity contribution < 1.29 is 4.39 Å². The number of aromatic nitrogens is 2. The second-order valence-electron chi connectivity index (χ2n) is 2.73. The van der Waals surface area contributed by atoms with Crippen LogP contribution in [0.25, 0.3) is 0 Å². The molecule has 0 amide bonds. The molecular weight excluding hydrogens is 314 g/mol. The molecule has 0 radical (unpaired) electrons. The van der Waals surface area contributed by atoms with E-state index < -0.39 is 0 Å². The van der Waals surface area contributed by atoms with Crippen molar-refractivity contribution in [3.05, 3.63) is 44.5 Å². The molecule has 0 aliphatic carbocycles. The Balaban J connectivity index is 2.23. The highest BCUT2D eigenvalue weighted by molar-refractivity contribution is 14.1. The Morgan fingerprint density at radius 1 is 1.36 bits per heavy atom. The van der Waals surface area contributed by atoms with E-state index >= 15 is 0 Å². The molecule has 0 atom stereocenters. The highest BCUT2D eigenvalue weighted by atomic mass is 127. The highest BCUT2D eigenvalue weighted by Gasteiger charge is 2.06. The fourth-order valence-electron chi connectivity index (χ4n) is 1.12. The highest BCUT2D eigenvalue weighted by Crippen LogP contribution is 2.13. The Kier molecular flexibility index (Phi) is 3.07. The largest absolute Gasteiger partial charge is 0.213 e. The summed E-state index contributed by atoms with van der Waals surface area (Å²) < 4.78 is 18.2. The topological polar surface area (TPSA) is 25.8 Å². The first-order valence-electron chi connectivity index (χ1n) is 3.97. The Morgan fingerprint density at radius 3 is 2.79 bits per heavy atom. The maximum Gasteiger partial charge on any atom is 0.173 e. The molecular formula is C9H6FIN2S. The van der Waals surface area contributed by atoms with Crippen LogP contribution >= 0.6 is 34.1 Å². The van der Waals surface area contributed by atoms with Gasteiger partial charge in [0, 0.05) is 6.42 Å². The monoisotopic (exact) mass is 320 g/mol. The van der Waals surface area contributed by atoms with Crippen molar-refractivity contribution in [1.29, 1.82) is 0 Å². The van der Waals surface area contributed by atoms with E-state index in [0.29, 0.717) is 17.8 Å². The Hall–Kier alpha value is -0.560. The SMILES string of the molecule is Fc1ccccc1Cc1nsc(I)n1. The fourth-order valence-corrected chi connectivity index (χ4v) is 2.12. The molecule has 1 aromatic heterocycles. The maximum atomic E-state index is 13.2. The molecule has 0 unspecified atom stereocenters. The summed E-state index contributed by atoms with van der Waals surface area (Å²) in [5.41, 5.74) is 0.640. The normalized spacial score (nSPS) is 10.4. The molecule has 72 valence electrons. The summed E-state index contributed by atoms with van der Waals surface area (Å²) in [5.74, 6) is 0.488. The van der Waals surface area contributed by atoms with Gasteiger partial charge in [-0.1, -0.05) is 18.2 Å². The molecule has 0 fully saturated rings. The molecule has 5 heteroatoms. The number of halogens is 2. The Bertz CT molecular complexity index is 444. The smallest absolute Gasteiger partial charge is 0.173 e. The molecule has 0 saturated heterocycles. The zero-order valence-electron chi connectivity index (χ0n) is 7.08. The standard InChI is InChI=1S/C9H6FIN2S/c10-7-4-2-1-3-6(7)5-8-12-9(11)14-13-8/h1-4H,5H2. The summed E-state index contributed by atoms with van der Waals surface area (Å²) in [6.07, 6.45) is 0.464. The van der Waals surface area contributed by atoms with Crippen molar-refractivity contribution in [3.63, 3.8) is 0 Å². The van der Waals surface area contributed by atoms with E-state index in [1.54, 1.807) is 12.1 Å².